The van der Waals surface area contributed by atoms with Crippen molar-refractivity contribution in [2.75, 3.05) is 13.1 Å². The van der Waals surface area contributed by atoms with E-state index in [1.54, 1.807) is 18.2 Å². The third kappa shape index (κ3) is 3.55. The van der Waals surface area contributed by atoms with Crippen LogP contribution in [0.5, 0.6) is 5.75 Å². The molecule has 1 saturated heterocycles. The van der Waals surface area contributed by atoms with Gasteiger partial charge >= 0.3 is 0 Å². The minimum atomic E-state index is -0.0874. The number of piperidine rings is 1. The molecule has 2 aromatic carbocycles. The maximum Gasteiger partial charge on any atom is 0.140 e. The van der Waals surface area contributed by atoms with E-state index in [4.69, 9.17) is 27.3 Å². The SMILES string of the molecule is Cc1cccc2c1CC(N1CCCC(N)C1)C2Oc1ccc(C#N)cc1Cl. The fourth-order valence-electron chi connectivity index (χ4n) is 4.40. The number of hydrogen-bond acceptors (Lipinski definition) is 4. The Balaban J connectivity index is 1.68. The number of rotatable bonds is 3. The van der Waals surface area contributed by atoms with Crippen molar-refractivity contribution in [3.63, 3.8) is 0 Å². The summed E-state index contributed by atoms with van der Waals surface area (Å²) >= 11 is 6.39. The third-order valence-corrected chi connectivity index (χ3v) is 6.08. The molecule has 27 heavy (non-hydrogen) atoms. The van der Waals surface area contributed by atoms with Gasteiger partial charge in [0.05, 0.1) is 22.7 Å². The molecule has 5 heteroatoms. The van der Waals surface area contributed by atoms with Crippen LogP contribution in [0.4, 0.5) is 0 Å². The summed E-state index contributed by atoms with van der Waals surface area (Å²) in [6.45, 7) is 4.11. The molecule has 4 rings (SSSR count). The molecule has 0 saturated carbocycles. The lowest BCUT2D eigenvalue weighted by Crippen LogP contribution is -2.49. The molecule has 140 valence electrons. The van der Waals surface area contributed by atoms with E-state index in [1.807, 2.05) is 0 Å². The van der Waals surface area contributed by atoms with Crippen LogP contribution >= 0.6 is 11.6 Å². The van der Waals surface area contributed by atoms with Crippen LogP contribution < -0.4 is 10.5 Å². The minimum Gasteiger partial charge on any atom is -0.482 e. The summed E-state index contributed by atoms with van der Waals surface area (Å²) in [6.07, 6.45) is 3.09. The van der Waals surface area contributed by atoms with Gasteiger partial charge in [0.1, 0.15) is 11.9 Å². The van der Waals surface area contributed by atoms with Crippen molar-refractivity contribution < 1.29 is 4.74 Å². The highest BCUT2D eigenvalue weighted by atomic mass is 35.5. The van der Waals surface area contributed by atoms with E-state index in [2.05, 4.69) is 36.1 Å². The second-order valence-electron chi connectivity index (χ2n) is 7.61. The zero-order chi connectivity index (χ0) is 19.0. The second-order valence-corrected chi connectivity index (χ2v) is 8.01. The number of ether oxygens (including phenoxy) is 1. The lowest BCUT2D eigenvalue weighted by Gasteiger charge is -2.38. The topological polar surface area (TPSA) is 62.3 Å². The van der Waals surface area contributed by atoms with Gasteiger partial charge in [-0.15, -0.1) is 0 Å². The number of halogens is 1. The summed E-state index contributed by atoms with van der Waals surface area (Å²) in [5.74, 6) is 0.626. The fraction of sp³-hybridized carbons (Fsp3) is 0.409. The molecule has 3 unspecified atom stereocenters. The number of nitrogens with two attached hydrogens (primary N) is 1. The predicted octanol–water partition coefficient (Wildman–Crippen LogP) is 3.99. The van der Waals surface area contributed by atoms with Crippen molar-refractivity contribution in [1.29, 1.82) is 5.26 Å². The summed E-state index contributed by atoms with van der Waals surface area (Å²) in [6, 6.07) is 14.2. The number of nitrogens with zero attached hydrogens (tertiary/aromatic N) is 2. The van der Waals surface area contributed by atoms with E-state index in [1.165, 1.54) is 16.7 Å². The van der Waals surface area contributed by atoms with E-state index in [0.717, 1.165) is 32.4 Å². The summed E-state index contributed by atoms with van der Waals surface area (Å²) < 4.78 is 6.46. The van der Waals surface area contributed by atoms with Gasteiger partial charge < -0.3 is 10.5 Å². The maximum atomic E-state index is 9.07. The highest BCUT2D eigenvalue weighted by Crippen LogP contribution is 2.41. The van der Waals surface area contributed by atoms with E-state index in [-0.39, 0.29) is 18.2 Å². The van der Waals surface area contributed by atoms with Gasteiger partial charge in [0.15, 0.2) is 0 Å². The molecule has 0 aromatic heterocycles. The molecule has 2 aliphatic rings. The van der Waals surface area contributed by atoms with Crippen LogP contribution in [0, 0.1) is 18.3 Å². The molecular formula is C22H24ClN3O. The van der Waals surface area contributed by atoms with Gasteiger partial charge in [-0.1, -0.05) is 29.8 Å². The van der Waals surface area contributed by atoms with Crippen LogP contribution in [0.15, 0.2) is 36.4 Å². The molecule has 1 fully saturated rings. The molecule has 1 aliphatic heterocycles. The lowest BCUT2D eigenvalue weighted by molar-refractivity contribution is 0.0593. The van der Waals surface area contributed by atoms with Crippen LogP contribution in [0.25, 0.3) is 0 Å². The van der Waals surface area contributed by atoms with Crippen molar-refractivity contribution in [3.05, 3.63) is 63.7 Å². The molecule has 2 N–H and O–H groups in total. The predicted molar refractivity (Wildman–Crippen MR) is 107 cm³/mol. The first-order valence-corrected chi connectivity index (χ1v) is 9.89. The largest absolute Gasteiger partial charge is 0.482 e. The summed E-state index contributed by atoms with van der Waals surface area (Å²) in [5.41, 5.74) is 10.7. The van der Waals surface area contributed by atoms with Gasteiger partial charge in [-0.05, 0) is 67.6 Å². The Hall–Kier alpha value is -2.06. The lowest BCUT2D eigenvalue weighted by atomic mass is 10.0. The third-order valence-electron chi connectivity index (χ3n) is 5.79. The Bertz CT molecular complexity index is 892. The van der Waals surface area contributed by atoms with Crippen molar-refractivity contribution in [3.8, 4) is 11.8 Å². The Labute approximate surface area is 165 Å². The molecule has 3 atom stereocenters. The van der Waals surface area contributed by atoms with Gasteiger partial charge in [0.2, 0.25) is 0 Å². The first-order chi connectivity index (χ1) is 13.1. The molecule has 2 aromatic rings. The van der Waals surface area contributed by atoms with Gasteiger partial charge in [0.25, 0.3) is 0 Å². The van der Waals surface area contributed by atoms with Crippen LogP contribution in [0.2, 0.25) is 5.02 Å². The minimum absolute atomic E-state index is 0.0874. The zero-order valence-electron chi connectivity index (χ0n) is 15.5. The fourth-order valence-corrected chi connectivity index (χ4v) is 4.63. The number of nitriles is 1. The summed E-state index contributed by atoms with van der Waals surface area (Å²) in [5, 5.41) is 9.54. The van der Waals surface area contributed by atoms with Gasteiger partial charge in [-0.3, -0.25) is 4.90 Å². The van der Waals surface area contributed by atoms with Crippen LogP contribution in [-0.2, 0) is 6.42 Å². The highest BCUT2D eigenvalue weighted by molar-refractivity contribution is 6.32. The average Bonchev–Trinajstić information content (AvgIpc) is 3.03. The number of aryl methyl sites for hydroxylation is 1. The zero-order valence-corrected chi connectivity index (χ0v) is 16.2. The molecule has 0 bridgehead atoms. The molecule has 4 nitrogen and oxygen atoms in total. The molecule has 1 heterocycles. The maximum absolute atomic E-state index is 9.07. The van der Waals surface area contributed by atoms with Crippen molar-refractivity contribution in [2.45, 2.75) is 44.4 Å². The number of likely N-dealkylation sites (tertiary alicyclic amines) is 1. The highest BCUT2D eigenvalue weighted by Gasteiger charge is 2.40. The van der Waals surface area contributed by atoms with Crippen LogP contribution in [0.3, 0.4) is 0 Å². The Morgan fingerprint density at radius 2 is 2.15 bits per heavy atom. The number of hydrogen-bond donors (Lipinski definition) is 1. The Morgan fingerprint density at radius 1 is 1.30 bits per heavy atom. The van der Waals surface area contributed by atoms with Crippen LogP contribution in [-0.4, -0.2) is 30.1 Å². The summed E-state index contributed by atoms with van der Waals surface area (Å²) in [7, 11) is 0. The normalized spacial score (nSPS) is 25.0. The second kappa shape index (κ2) is 7.52. The van der Waals surface area contributed by atoms with Crippen molar-refractivity contribution in [2.24, 2.45) is 5.73 Å². The summed E-state index contributed by atoms with van der Waals surface area (Å²) in [4.78, 5) is 2.48. The van der Waals surface area contributed by atoms with Crippen LogP contribution in [0.1, 0.15) is 41.2 Å². The van der Waals surface area contributed by atoms with E-state index in [0.29, 0.717) is 16.3 Å². The Morgan fingerprint density at radius 3 is 2.89 bits per heavy atom. The van der Waals surface area contributed by atoms with E-state index >= 15 is 0 Å². The number of fused-ring (bicyclic) bond motifs is 1. The molecule has 0 spiro atoms. The van der Waals surface area contributed by atoms with Gasteiger partial charge in [-0.2, -0.15) is 5.26 Å². The quantitative estimate of drug-likeness (QED) is 0.873. The monoisotopic (exact) mass is 381 g/mol. The molecule has 1 aliphatic carbocycles. The molecule has 0 amide bonds. The van der Waals surface area contributed by atoms with Crippen molar-refractivity contribution >= 4 is 11.6 Å². The Kier molecular flexibility index (Phi) is 5.10. The van der Waals surface area contributed by atoms with Crippen molar-refractivity contribution in [1.82, 2.24) is 4.90 Å². The average molecular weight is 382 g/mol. The molecular weight excluding hydrogens is 358 g/mol. The first-order valence-electron chi connectivity index (χ1n) is 9.51. The van der Waals surface area contributed by atoms with Gasteiger partial charge in [-0.25, -0.2) is 0 Å². The first kappa shape index (κ1) is 18.3. The smallest absolute Gasteiger partial charge is 0.140 e. The number of benzene rings is 2. The van der Waals surface area contributed by atoms with E-state index in [9.17, 15) is 0 Å². The van der Waals surface area contributed by atoms with Gasteiger partial charge in [0, 0.05) is 12.6 Å². The van der Waals surface area contributed by atoms with E-state index < -0.39 is 0 Å². The molecule has 0 radical (unpaired) electrons. The standard InChI is InChI=1S/C22H24ClN3O/c1-14-4-2-6-17-18(14)11-20(26-9-3-5-16(25)13-26)22(17)27-21-8-7-15(12-24)10-19(21)23/h2,4,6-8,10,16,20,22H,3,5,9,11,13,25H2,1H3.